The number of aromatic nitrogens is 2. The van der Waals surface area contributed by atoms with Crippen LogP contribution in [-0.2, 0) is 11.3 Å². The molecule has 4 nitrogen and oxygen atoms in total. The molecule has 0 radical (unpaired) electrons. The first-order valence-electron chi connectivity index (χ1n) is 6.50. The molecule has 17 heavy (non-hydrogen) atoms. The van der Waals surface area contributed by atoms with Crippen molar-refractivity contribution in [2.24, 2.45) is 0 Å². The normalized spacial score (nSPS) is 14.8. The van der Waals surface area contributed by atoms with Gasteiger partial charge in [0.15, 0.2) is 0 Å². The Bertz CT molecular complexity index is 311. The number of nitrogens with one attached hydrogen (secondary N) is 1. The molecule has 1 aromatic heterocycles. The summed E-state index contributed by atoms with van der Waals surface area (Å²) < 4.78 is 7.36. The first kappa shape index (κ1) is 14.2. The van der Waals surface area contributed by atoms with Crippen LogP contribution in [0.4, 0.5) is 0 Å². The van der Waals surface area contributed by atoms with E-state index < -0.39 is 0 Å². The van der Waals surface area contributed by atoms with E-state index in [0.29, 0.717) is 12.1 Å². The summed E-state index contributed by atoms with van der Waals surface area (Å²) in [6.07, 6.45) is 4.33. The van der Waals surface area contributed by atoms with E-state index in [1.807, 2.05) is 6.20 Å². The highest BCUT2D eigenvalue weighted by Gasteiger charge is 2.15. The lowest BCUT2D eigenvalue weighted by Crippen LogP contribution is -2.25. The number of rotatable bonds is 8. The predicted octanol–water partition coefficient (Wildman–Crippen LogP) is 2.37. The van der Waals surface area contributed by atoms with Crippen LogP contribution in [0.1, 0.15) is 45.3 Å². The number of hydrogen-bond donors (Lipinski definition) is 1. The van der Waals surface area contributed by atoms with Crippen molar-refractivity contribution < 1.29 is 4.74 Å². The molecule has 1 N–H and O–H groups in total. The molecule has 0 spiro atoms. The van der Waals surface area contributed by atoms with Crippen molar-refractivity contribution in [1.82, 2.24) is 15.1 Å². The minimum Gasteiger partial charge on any atom is -0.382 e. The molecule has 0 aliphatic carbocycles. The number of nitrogens with zero attached hydrogens (tertiary/aromatic N) is 2. The lowest BCUT2D eigenvalue weighted by atomic mass is 10.1. The van der Waals surface area contributed by atoms with E-state index >= 15 is 0 Å². The maximum Gasteiger partial charge on any atom is 0.0553 e. The van der Waals surface area contributed by atoms with Gasteiger partial charge in [0.25, 0.3) is 0 Å². The standard InChI is InChI=1S/C13H25N3O/c1-5-14-12(8-7-11(3)17-4)13-9-10-15-16(13)6-2/h9-12,14H,5-8H2,1-4H3. The van der Waals surface area contributed by atoms with Gasteiger partial charge in [-0.05, 0) is 39.3 Å². The Morgan fingerprint density at radius 2 is 2.18 bits per heavy atom. The average molecular weight is 239 g/mol. The smallest absolute Gasteiger partial charge is 0.0553 e. The van der Waals surface area contributed by atoms with Gasteiger partial charge in [-0.15, -0.1) is 0 Å². The maximum absolute atomic E-state index is 5.30. The highest BCUT2D eigenvalue weighted by atomic mass is 16.5. The molecule has 0 saturated carbocycles. The van der Waals surface area contributed by atoms with Gasteiger partial charge in [0.05, 0.1) is 11.8 Å². The van der Waals surface area contributed by atoms with Crippen LogP contribution in [0.5, 0.6) is 0 Å². The van der Waals surface area contributed by atoms with Crippen molar-refractivity contribution in [2.45, 2.75) is 52.3 Å². The number of hydrogen-bond acceptors (Lipinski definition) is 3. The summed E-state index contributed by atoms with van der Waals surface area (Å²) >= 11 is 0. The Morgan fingerprint density at radius 3 is 2.76 bits per heavy atom. The van der Waals surface area contributed by atoms with Gasteiger partial charge >= 0.3 is 0 Å². The summed E-state index contributed by atoms with van der Waals surface area (Å²) in [6.45, 7) is 8.27. The zero-order chi connectivity index (χ0) is 12.7. The van der Waals surface area contributed by atoms with Gasteiger partial charge in [0.2, 0.25) is 0 Å². The van der Waals surface area contributed by atoms with Crippen molar-refractivity contribution in [2.75, 3.05) is 13.7 Å². The average Bonchev–Trinajstić information content (AvgIpc) is 2.82. The first-order chi connectivity index (χ1) is 8.22. The zero-order valence-electron chi connectivity index (χ0n) is 11.4. The largest absolute Gasteiger partial charge is 0.382 e. The number of aryl methyl sites for hydroxylation is 1. The monoisotopic (exact) mass is 239 g/mol. The lowest BCUT2D eigenvalue weighted by Gasteiger charge is -2.20. The van der Waals surface area contributed by atoms with Gasteiger partial charge in [-0.25, -0.2) is 0 Å². The van der Waals surface area contributed by atoms with Gasteiger partial charge in [-0.3, -0.25) is 4.68 Å². The molecular weight excluding hydrogens is 214 g/mol. The Morgan fingerprint density at radius 1 is 1.41 bits per heavy atom. The minimum absolute atomic E-state index is 0.314. The fourth-order valence-corrected chi connectivity index (χ4v) is 2.02. The Hall–Kier alpha value is -0.870. The van der Waals surface area contributed by atoms with E-state index in [1.54, 1.807) is 7.11 Å². The van der Waals surface area contributed by atoms with Crippen molar-refractivity contribution in [3.05, 3.63) is 18.0 Å². The van der Waals surface area contributed by atoms with Crippen molar-refractivity contribution >= 4 is 0 Å². The third-order valence-electron chi connectivity index (χ3n) is 3.12. The molecule has 0 aliphatic rings. The van der Waals surface area contributed by atoms with E-state index in [0.717, 1.165) is 25.9 Å². The molecule has 2 atom stereocenters. The molecule has 0 amide bonds. The summed E-state index contributed by atoms with van der Waals surface area (Å²) in [5, 5.41) is 7.85. The molecule has 2 unspecified atom stereocenters. The molecule has 0 bridgehead atoms. The quantitative estimate of drug-likeness (QED) is 0.757. The van der Waals surface area contributed by atoms with Crippen LogP contribution in [0.2, 0.25) is 0 Å². The zero-order valence-corrected chi connectivity index (χ0v) is 11.4. The van der Waals surface area contributed by atoms with Gasteiger partial charge in [0.1, 0.15) is 0 Å². The van der Waals surface area contributed by atoms with Crippen molar-refractivity contribution in [3.8, 4) is 0 Å². The summed E-state index contributed by atoms with van der Waals surface area (Å²) in [4.78, 5) is 0. The van der Waals surface area contributed by atoms with Gasteiger partial charge in [-0.1, -0.05) is 6.92 Å². The lowest BCUT2D eigenvalue weighted by molar-refractivity contribution is 0.106. The van der Waals surface area contributed by atoms with Crippen LogP contribution in [0, 0.1) is 0 Å². The first-order valence-corrected chi connectivity index (χ1v) is 6.50. The molecule has 1 aromatic rings. The molecular formula is C13H25N3O. The van der Waals surface area contributed by atoms with Gasteiger partial charge in [0, 0.05) is 25.9 Å². The van der Waals surface area contributed by atoms with Crippen molar-refractivity contribution in [1.29, 1.82) is 0 Å². The van der Waals surface area contributed by atoms with Crippen LogP contribution < -0.4 is 5.32 Å². The van der Waals surface area contributed by atoms with E-state index in [1.165, 1.54) is 5.69 Å². The van der Waals surface area contributed by atoms with Crippen LogP contribution >= 0.6 is 0 Å². The van der Waals surface area contributed by atoms with Gasteiger partial charge < -0.3 is 10.1 Å². The van der Waals surface area contributed by atoms with Crippen LogP contribution in [0.3, 0.4) is 0 Å². The topological polar surface area (TPSA) is 39.1 Å². The fraction of sp³-hybridized carbons (Fsp3) is 0.769. The molecule has 0 saturated heterocycles. The third kappa shape index (κ3) is 4.13. The van der Waals surface area contributed by atoms with E-state index in [-0.39, 0.29) is 0 Å². The second-order valence-corrected chi connectivity index (χ2v) is 4.31. The Labute approximate surface area is 104 Å². The van der Waals surface area contributed by atoms with E-state index in [9.17, 15) is 0 Å². The highest BCUT2D eigenvalue weighted by Crippen LogP contribution is 2.19. The molecule has 0 aromatic carbocycles. The summed E-state index contributed by atoms with van der Waals surface area (Å²) in [7, 11) is 1.77. The highest BCUT2D eigenvalue weighted by molar-refractivity contribution is 5.07. The molecule has 1 heterocycles. The maximum atomic E-state index is 5.30. The molecule has 0 aliphatic heterocycles. The Kier molecular flexibility index (Phi) is 6.22. The third-order valence-corrected chi connectivity index (χ3v) is 3.12. The molecule has 98 valence electrons. The molecule has 1 rings (SSSR count). The SMILES string of the molecule is CCNC(CCC(C)OC)c1ccnn1CC. The second-order valence-electron chi connectivity index (χ2n) is 4.31. The van der Waals surface area contributed by atoms with Crippen LogP contribution in [0.15, 0.2) is 12.3 Å². The second kappa shape index (κ2) is 7.45. The fourth-order valence-electron chi connectivity index (χ4n) is 2.02. The Balaban J connectivity index is 2.64. The van der Waals surface area contributed by atoms with Crippen LogP contribution in [-0.4, -0.2) is 29.5 Å². The molecule has 4 heteroatoms. The van der Waals surface area contributed by atoms with E-state index in [4.69, 9.17) is 4.74 Å². The van der Waals surface area contributed by atoms with Gasteiger partial charge in [-0.2, -0.15) is 5.10 Å². The van der Waals surface area contributed by atoms with E-state index in [2.05, 4.69) is 41.9 Å². The number of methoxy groups -OCH3 is 1. The predicted molar refractivity (Wildman–Crippen MR) is 70.0 cm³/mol. The summed E-state index contributed by atoms with van der Waals surface area (Å²) in [5.74, 6) is 0. The van der Waals surface area contributed by atoms with Crippen LogP contribution in [0.25, 0.3) is 0 Å². The molecule has 0 fully saturated rings. The summed E-state index contributed by atoms with van der Waals surface area (Å²) in [6, 6.07) is 2.48. The minimum atomic E-state index is 0.314. The summed E-state index contributed by atoms with van der Waals surface area (Å²) in [5.41, 5.74) is 1.28. The number of ether oxygens (including phenoxy) is 1. The van der Waals surface area contributed by atoms with Crippen molar-refractivity contribution in [3.63, 3.8) is 0 Å².